The van der Waals surface area contributed by atoms with Gasteiger partial charge in [0.1, 0.15) is 0 Å². The van der Waals surface area contributed by atoms with E-state index in [-0.39, 0.29) is 12.0 Å². The van der Waals surface area contributed by atoms with Gasteiger partial charge in [0.05, 0.1) is 11.5 Å². The van der Waals surface area contributed by atoms with Gasteiger partial charge < -0.3 is 9.84 Å². The first-order valence-electron chi connectivity index (χ1n) is 6.74. The van der Waals surface area contributed by atoms with Gasteiger partial charge in [-0.05, 0) is 43.9 Å². The summed E-state index contributed by atoms with van der Waals surface area (Å²) in [6, 6.07) is 0. The Morgan fingerprint density at radius 2 is 1.94 bits per heavy atom. The number of alkyl halides is 1. The molecule has 1 atom stereocenters. The number of carbonyl (C=O) groups excluding carboxylic acids is 1. The van der Waals surface area contributed by atoms with Crippen LogP contribution >= 0.6 is 11.6 Å². The molecule has 0 amide bonds. The smallest absolute Gasteiger partial charge is 0.336 e. The zero-order valence-corrected chi connectivity index (χ0v) is 12.6. The molecule has 1 aliphatic carbocycles. The van der Waals surface area contributed by atoms with Crippen LogP contribution in [0.1, 0.15) is 53.4 Å². The van der Waals surface area contributed by atoms with Gasteiger partial charge >= 0.3 is 5.97 Å². The number of hydrogen-bond donors (Lipinski definition) is 1. The highest BCUT2D eigenvalue weighted by Crippen LogP contribution is 2.45. The first kappa shape index (κ1) is 15.8. The maximum Gasteiger partial charge on any atom is 0.336 e. The summed E-state index contributed by atoms with van der Waals surface area (Å²) in [6.07, 6.45) is 2.01. The van der Waals surface area contributed by atoms with Crippen molar-refractivity contribution in [3.05, 3.63) is 0 Å². The number of aliphatic hydroxyl groups excluding tert-OH is 1. The van der Waals surface area contributed by atoms with Gasteiger partial charge in [-0.25, -0.2) is 4.79 Å². The lowest BCUT2D eigenvalue weighted by Crippen LogP contribution is -2.47. The fourth-order valence-electron chi connectivity index (χ4n) is 2.67. The number of hydrogen-bond acceptors (Lipinski definition) is 3. The van der Waals surface area contributed by atoms with Gasteiger partial charge in [-0.3, -0.25) is 0 Å². The van der Waals surface area contributed by atoms with Crippen LogP contribution in [0.15, 0.2) is 0 Å². The van der Waals surface area contributed by atoms with E-state index < -0.39 is 16.9 Å². The van der Waals surface area contributed by atoms with Crippen LogP contribution in [0, 0.1) is 11.3 Å². The van der Waals surface area contributed by atoms with E-state index in [0.717, 1.165) is 12.8 Å². The number of ether oxygens (including phenoxy) is 1. The third-order valence-corrected chi connectivity index (χ3v) is 4.63. The quantitative estimate of drug-likeness (QED) is 0.636. The summed E-state index contributed by atoms with van der Waals surface area (Å²) in [6.45, 7) is 8.66. The van der Waals surface area contributed by atoms with E-state index >= 15 is 0 Å². The van der Waals surface area contributed by atoms with Crippen LogP contribution < -0.4 is 0 Å². The van der Waals surface area contributed by atoms with Crippen LogP contribution in [-0.2, 0) is 9.53 Å². The van der Waals surface area contributed by atoms with Crippen LogP contribution in [0.25, 0.3) is 0 Å². The molecule has 1 fully saturated rings. The Hall–Kier alpha value is -0.280. The molecule has 106 valence electrons. The highest BCUT2D eigenvalue weighted by atomic mass is 35.5. The Balaban J connectivity index is 2.61. The first-order chi connectivity index (χ1) is 8.20. The van der Waals surface area contributed by atoms with Crippen LogP contribution in [0.3, 0.4) is 0 Å². The molecule has 0 aromatic heterocycles. The molecule has 1 N–H and O–H groups in total. The first-order valence-corrected chi connectivity index (χ1v) is 7.12. The van der Waals surface area contributed by atoms with Crippen molar-refractivity contribution < 1.29 is 14.6 Å². The average Bonchev–Trinajstić information content (AvgIpc) is 2.27. The molecule has 0 radical (unpaired) electrons. The Bertz CT molecular complexity index is 288. The van der Waals surface area contributed by atoms with E-state index in [0.29, 0.717) is 18.8 Å². The van der Waals surface area contributed by atoms with Crippen molar-refractivity contribution in [3.63, 3.8) is 0 Å². The summed E-state index contributed by atoms with van der Waals surface area (Å²) in [7, 11) is 0. The van der Waals surface area contributed by atoms with E-state index in [2.05, 4.69) is 20.8 Å². The van der Waals surface area contributed by atoms with Gasteiger partial charge in [0.25, 0.3) is 0 Å². The molecule has 1 unspecified atom stereocenters. The van der Waals surface area contributed by atoms with Gasteiger partial charge in [0.2, 0.25) is 0 Å². The van der Waals surface area contributed by atoms with Gasteiger partial charge in [-0.2, -0.15) is 0 Å². The van der Waals surface area contributed by atoms with Gasteiger partial charge in [0, 0.05) is 0 Å². The van der Waals surface area contributed by atoms with E-state index in [1.807, 2.05) is 0 Å². The average molecular weight is 277 g/mol. The van der Waals surface area contributed by atoms with Crippen LogP contribution in [0.5, 0.6) is 0 Å². The molecule has 0 bridgehead atoms. The topological polar surface area (TPSA) is 46.5 Å². The molecule has 1 aliphatic rings. The second kappa shape index (κ2) is 5.79. The van der Waals surface area contributed by atoms with Crippen molar-refractivity contribution >= 4 is 17.6 Å². The molecule has 0 saturated heterocycles. The Morgan fingerprint density at radius 3 is 2.33 bits per heavy atom. The third-order valence-electron chi connectivity index (χ3n) is 4.04. The minimum Gasteiger partial charge on any atom is -0.464 e. The fourth-order valence-corrected chi connectivity index (χ4v) is 2.98. The van der Waals surface area contributed by atoms with E-state index in [1.54, 1.807) is 6.92 Å². The van der Waals surface area contributed by atoms with Crippen molar-refractivity contribution in [1.82, 2.24) is 0 Å². The molecule has 4 heteroatoms. The van der Waals surface area contributed by atoms with E-state index in [1.165, 1.54) is 0 Å². The van der Waals surface area contributed by atoms with Gasteiger partial charge in [-0.1, -0.05) is 20.8 Å². The second-order valence-electron chi connectivity index (χ2n) is 6.33. The standard InChI is InChI=1S/C14H25ClO3/c1-5-18-12(17)11(16)14(15)8-6-10(7-9-14)13(2,3)4/h10-11,16H,5-9H2,1-4H3. The minimum absolute atomic E-state index is 0.257. The summed E-state index contributed by atoms with van der Waals surface area (Å²) in [5, 5.41) is 10.0. The predicted molar refractivity (Wildman–Crippen MR) is 72.6 cm³/mol. The lowest BCUT2D eigenvalue weighted by Gasteiger charge is -2.42. The fraction of sp³-hybridized carbons (Fsp3) is 0.929. The number of aliphatic hydroxyl groups is 1. The molecule has 1 saturated carbocycles. The number of carbonyl (C=O) groups is 1. The van der Waals surface area contributed by atoms with Gasteiger partial charge in [-0.15, -0.1) is 11.6 Å². The molecular formula is C14H25ClO3. The zero-order valence-electron chi connectivity index (χ0n) is 11.8. The number of rotatable bonds is 3. The van der Waals surface area contributed by atoms with Crippen molar-refractivity contribution in [2.45, 2.75) is 64.4 Å². The normalized spacial score (nSPS) is 30.9. The summed E-state index contributed by atoms with van der Waals surface area (Å²) in [5.74, 6) is 0.000444. The Kier molecular flexibility index (Phi) is 5.07. The highest BCUT2D eigenvalue weighted by molar-refractivity contribution is 6.25. The van der Waals surface area contributed by atoms with Crippen molar-refractivity contribution in [3.8, 4) is 0 Å². The molecule has 0 aromatic carbocycles. The van der Waals surface area contributed by atoms with Gasteiger partial charge in [0.15, 0.2) is 6.10 Å². The van der Waals surface area contributed by atoms with E-state index in [9.17, 15) is 9.90 Å². The SMILES string of the molecule is CCOC(=O)C(O)C1(Cl)CCC(C(C)(C)C)CC1. The van der Waals surface area contributed by atoms with Crippen LogP contribution in [-0.4, -0.2) is 28.7 Å². The van der Waals surface area contributed by atoms with Crippen LogP contribution in [0.2, 0.25) is 0 Å². The lowest BCUT2D eigenvalue weighted by atomic mass is 9.68. The summed E-state index contributed by atoms with van der Waals surface area (Å²) < 4.78 is 4.84. The molecule has 0 aromatic rings. The molecule has 3 nitrogen and oxygen atoms in total. The third kappa shape index (κ3) is 3.61. The number of halogens is 1. The molecule has 1 rings (SSSR count). The Morgan fingerprint density at radius 1 is 1.44 bits per heavy atom. The predicted octanol–water partition coefficient (Wildman–Crippen LogP) is 3.12. The molecule has 18 heavy (non-hydrogen) atoms. The summed E-state index contributed by atoms with van der Waals surface area (Å²) in [5.41, 5.74) is 0.257. The van der Waals surface area contributed by atoms with E-state index in [4.69, 9.17) is 16.3 Å². The maximum atomic E-state index is 11.6. The molecule has 0 heterocycles. The molecular weight excluding hydrogens is 252 g/mol. The largest absolute Gasteiger partial charge is 0.464 e. The summed E-state index contributed by atoms with van der Waals surface area (Å²) in [4.78, 5) is 10.7. The maximum absolute atomic E-state index is 11.6. The molecule has 0 spiro atoms. The monoisotopic (exact) mass is 276 g/mol. The summed E-state index contributed by atoms with van der Waals surface area (Å²) >= 11 is 6.42. The lowest BCUT2D eigenvalue weighted by molar-refractivity contribution is -0.155. The van der Waals surface area contributed by atoms with Crippen LogP contribution in [0.4, 0.5) is 0 Å². The Labute approximate surface area is 115 Å². The van der Waals surface area contributed by atoms with Crippen molar-refractivity contribution in [2.24, 2.45) is 11.3 Å². The molecule has 0 aliphatic heterocycles. The zero-order chi connectivity index (χ0) is 14.0. The number of esters is 1. The minimum atomic E-state index is -1.21. The highest BCUT2D eigenvalue weighted by Gasteiger charge is 2.45. The van der Waals surface area contributed by atoms with Crippen molar-refractivity contribution in [1.29, 1.82) is 0 Å². The van der Waals surface area contributed by atoms with Crippen molar-refractivity contribution in [2.75, 3.05) is 6.61 Å². The second-order valence-corrected chi connectivity index (χ2v) is 7.08.